The molecule has 0 aliphatic carbocycles. The van der Waals surface area contributed by atoms with Crippen LogP contribution in [0, 0.1) is 6.92 Å². The van der Waals surface area contributed by atoms with E-state index in [0.717, 1.165) is 84.3 Å². The number of carbonyl (C=O) groups is 2. The van der Waals surface area contributed by atoms with Crippen LogP contribution in [0.2, 0.25) is 0 Å². The van der Waals surface area contributed by atoms with Gasteiger partial charge in [0.05, 0.1) is 5.69 Å². The third-order valence-corrected chi connectivity index (χ3v) is 11.9. The fourth-order valence-electron chi connectivity index (χ4n) is 7.69. The summed E-state index contributed by atoms with van der Waals surface area (Å²) in [6.07, 6.45) is 40.1. The Morgan fingerprint density at radius 2 is 0.844 bits per heavy atom. The Labute approximate surface area is 396 Å². The van der Waals surface area contributed by atoms with Gasteiger partial charge in [0.1, 0.15) is 12.2 Å². The quantitative estimate of drug-likeness (QED) is 0.0388. The maximum atomic E-state index is 11.5. The van der Waals surface area contributed by atoms with Gasteiger partial charge in [-0.3, -0.25) is 19.2 Å². The van der Waals surface area contributed by atoms with Crippen LogP contribution in [0.15, 0.2) is 9.59 Å². The smallest absolute Gasteiger partial charge is 0.293 e. The highest BCUT2D eigenvalue weighted by Crippen LogP contribution is 2.17. The molecule has 64 heavy (non-hydrogen) atoms. The molecule has 1 unspecified atom stereocenters. The molecule has 0 spiro atoms. The van der Waals surface area contributed by atoms with Gasteiger partial charge >= 0.3 is 0 Å². The van der Waals surface area contributed by atoms with E-state index in [9.17, 15) is 19.2 Å². The molecular weight excluding hydrogens is 801 g/mol. The molecule has 0 aliphatic heterocycles. The summed E-state index contributed by atoms with van der Waals surface area (Å²) in [7, 11) is 0. The average Bonchev–Trinajstić information content (AvgIpc) is 3.31. The minimum Gasteiger partial charge on any atom is -0.465 e. The van der Waals surface area contributed by atoms with Gasteiger partial charge in [-0.25, -0.2) is 0 Å². The van der Waals surface area contributed by atoms with Gasteiger partial charge < -0.3 is 24.4 Å². The first kappa shape index (κ1) is 66.0. The van der Waals surface area contributed by atoms with Crippen molar-refractivity contribution in [3.05, 3.63) is 26.0 Å². The lowest BCUT2D eigenvalue weighted by molar-refractivity contribution is -0.135. The van der Waals surface area contributed by atoms with E-state index in [1.807, 2.05) is 13.8 Å². The molecule has 1 N–H and O–H groups in total. The molecule has 0 heterocycles. The Hall–Kier alpha value is -2.26. The molecule has 0 amide bonds. The zero-order valence-corrected chi connectivity index (χ0v) is 44.0. The summed E-state index contributed by atoms with van der Waals surface area (Å²) in [6.45, 7) is 25.8. The first-order valence-electron chi connectivity index (χ1n) is 27.3. The van der Waals surface area contributed by atoms with Gasteiger partial charge in [0, 0.05) is 31.9 Å². The Kier molecular flexibility index (Phi) is 56.8. The van der Waals surface area contributed by atoms with Crippen LogP contribution in [-0.4, -0.2) is 69.4 Å². The van der Waals surface area contributed by atoms with E-state index in [0.29, 0.717) is 24.2 Å². The monoisotopic (exact) mass is 909 g/mol. The van der Waals surface area contributed by atoms with Crippen molar-refractivity contribution in [2.75, 3.05) is 44.7 Å². The second-order valence-electron chi connectivity index (χ2n) is 17.7. The number of hydrogen-bond donors (Lipinski definition) is 1. The van der Waals surface area contributed by atoms with Gasteiger partial charge in [-0.1, -0.05) is 190 Å². The lowest BCUT2D eigenvalue weighted by Crippen LogP contribution is -2.37. The molecule has 1 aromatic rings. The Morgan fingerprint density at radius 3 is 1.28 bits per heavy atom. The van der Waals surface area contributed by atoms with E-state index in [4.69, 9.17) is 14.2 Å². The van der Waals surface area contributed by atoms with Crippen molar-refractivity contribution in [3.63, 3.8) is 0 Å². The van der Waals surface area contributed by atoms with Crippen LogP contribution < -0.4 is 16.2 Å². The minimum atomic E-state index is -0.356. The summed E-state index contributed by atoms with van der Waals surface area (Å²) in [6, 6.07) is 0. The zero-order chi connectivity index (χ0) is 48.2. The molecule has 9 heteroatoms. The van der Waals surface area contributed by atoms with Crippen LogP contribution in [0.1, 0.15) is 266 Å². The fourth-order valence-corrected chi connectivity index (χ4v) is 7.69. The van der Waals surface area contributed by atoms with Crippen molar-refractivity contribution in [3.8, 4) is 0 Å². The summed E-state index contributed by atoms with van der Waals surface area (Å²) in [5.41, 5.74) is 0.413. The molecule has 1 rings (SSSR count). The lowest BCUT2D eigenvalue weighted by atomic mass is 10.0. The molecule has 0 fully saturated rings. The largest absolute Gasteiger partial charge is 0.465 e. The number of carbonyl (C=O) groups excluding carboxylic acids is 2. The number of nitrogens with one attached hydrogen (secondary N) is 1. The molecular formula is C55H108N2O7. The van der Waals surface area contributed by atoms with E-state index < -0.39 is 0 Å². The van der Waals surface area contributed by atoms with Crippen molar-refractivity contribution in [2.24, 2.45) is 0 Å². The molecule has 1 atom stereocenters. The van der Waals surface area contributed by atoms with Gasteiger partial charge in [0.25, 0.3) is 12.9 Å². The van der Waals surface area contributed by atoms with E-state index in [1.165, 1.54) is 161 Å². The van der Waals surface area contributed by atoms with Crippen LogP contribution in [-0.2, 0) is 23.8 Å². The van der Waals surface area contributed by atoms with Crippen molar-refractivity contribution < 1.29 is 23.8 Å². The van der Waals surface area contributed by atoms with E-state index >= 15 is 0 Å². The molecule has 0 aliphatic rings. The standard InChI is InChI=1S/C23H42N2O3.C18H36O2.C12H24O2.C2H6/c1-4-6-8-9-10-11-15-25(17-13-19-28-18-7-5-2)16-12-14-24-21-20(3)22(26)23(21)27;1-3-5-7-9-11-13-15-18(20-17-19)16-14-12-10-8-6-4-2;1-3-5-6-7-8-9-10-12(4-2)14-11-13;1-2/h24H,4-19H2,1-3H3;17-18H,3-16H2,1-2H3;11-12H,3-10H2,1-2H3;1-2H3. The highest BCUT2D eigenvalue weighted by molar-refractivity contribution is 5.55. The maximum absolute atomic E-state index is 11.5. The maximum Gasteiger partial charge on any atom is 0.293 e. The van der Waals surface area contributed by atoms with Crippen molar-refractivity contribution in [1.82, 2.24) is 4.90 Å². The first-order chi connectivity index (χ1) is 31.3. The van der Waals surface area contributed by atoms with Crippen LogP contribution in [0.4, 0.5) is 5.69 Å². The number of rotatable bonds is 45. The number of ether oxygens (including phenoxy) is 3. The Balaban J connectivity index is -0.000000906. The Morgan fingerprint density at radius 1 is 0.469 bits per heavy atom. The summed E-state index contributed by atoms with van der Waals surface area (Å²) in [5.74, 6) is 0. The number of nitrogens with zero attached hydrogens (tertiary/aromatic N) is 1. The van der Waals surface area contributed by atoms with Gasteiger partial charge in [-0.05, 0) is 90.6 Å². The predicted octanol–water partition coefficient (Wildman–Crippen LogP) is 15.0. The molecule has 0 radical (unpaired) electrons. The first-order valence-corrected chi connectivity index (χ1v) is 27.3. The molecule has 9 nitrogen and oxygen atoms in total. The van der Waals surface area contributed by atoms with Crippen molar-refractivity contribution in [2.45, 2.75) is 280 Å². The molecule has 1 aromatic carbocycles. The van der Waals surface area contributed by atoms with Gasteiger partial charge in [-0.2, -0.15) is 0 Å². The summed E-state index contributed by atoms with van der Waals surface area (Å²) < 4.78 is 15.8. The molecule has 380 valence electrons. The zero-order valence-electron chi connectivity index (χ0n) is 44.0. The van der Waals surface area contributed by atoms with Crippen molar-refractivity contribution >= 4 is 18.6 Å². The van der Waals surface area contributed by atoms with Crippen LogP contribution in [0.3, 0.4) is 0 Å². The van der Waals surface area contributed by atoms with E-state index in [2.05, 4.69) is 51.8 Å². The lowest BCUT2D eigenvalue weighted by Gasteiger charge is -2.23. The molecule has 0 bridgehead atoms. The number of hydrogen-bond acceptors (Lipinski definition) is 9. The van der Waals surface area contributed by atoms with E-state index in [-0.39, 0.29) is 23.1 Å². The van der Waals surface area contributed by atoms with Gasteiger partial charge in [0.2, 0.25) is 10.9 Å². The normalized spacial score (nSPS) is 11.3. The van der Waals surface area contributed by atoms with Crippen molar-refractivity contribution in [1.29, 1.82) is 0 Å². The van der Waals surface area contributed by atoms with E-state index in [1.54, 1.807) is 6.92 Å². The predicted molar refractivity (Wildman–Crippen MR) is 277 cm³/mol. The second-order valence-corrected chi connectivity index (χ2v) is 17.7. The third kappa shape index (κ3) is 43.6. The molecule has 0 aromatic heterocycles. The third-order valence-electron chi connectivity index (χ3n) is 11.9. The van der Waals surface area contributed by atoms with Crippen LogP contribution in [0.25, 0.3) is 0 Å². The molecule has 0 saturated carbocycles. The number of anilines is 1. The highest BCUT2D eigenvalue weighted by Gasteiger charge is 2.16. The average molecular weight is 909 g/mol. The van der Waals surface area contributed by atoms with Crippen LogP contribution in [0.5, 0.6) is 0 Å². The summed E-state index contributed by atoms with van der Waals surface area (Å²) >= 11 is 0. The second kappa shape index (κ2) is 55.1. The minimum absolute atomic E-state index is 0.152. The fraction of sp³-hybridized carbons (Fsp3) is 0.891. The van der Waals surface area contributed by atoms with Crippen LogP contribution >= 0.6 is 0 Å². The molecule has 0 saturated heterocycles. The van der Waals surface area contributed by atoms with Gasteiger partial charge in [-0.15, -0.1) is 0 Å². The summed E-state index contributed by atoms with van der Waals surface area (Å²) in [5, 5.41) is 3.14. The summed E-state index contributed by atoms with van der Waals surface area (Å²) in [4.78, 5) is 46.0. The number of unbranched alkanes of at least 4 members (excludes halogenated alkanes) is 21. The SMILES string of the molecule is CC.CCCCCCCCC(CC)OC=O.CCCCCCCCC(CCCCCCCC)OC=O.CCCCCCCCN(CCCNc1c(C)c(=O)c1=O)CCCOCCCC. The van der Waals surface area contributed by atoms with Gasteiger partial charge in [0.15, 0.2) is 0 Å². The Bertz CT molecular complexity index is 1110. The topological polar surface area (TPSA) is 111 Å². The highest BCUT2D eigenvalue weighted by atomic mass is 16.5.